The minimum atomic E-state index is -0.196. The molecule has 0 bridgehead atoms. The van der Waals surface area contributed by atoms with E-state index in [0.29, 0.717) is 22.3 Å². The SMILES string of the molecule is CCc1n[n+](CC(=O)Nc2ccc3c(c2)OCO3)c(N)s1.[Cl-]. The van der Waals surface area contributed by atoms with Crippen LogP contribution in [0.15, 0.2) is 18.2 Å². The Morgan fingerprint density at radius 2 is 2.23 bits per heavy atom. The number of rotatable bonds is 4. The van der Waals surface area contributed by atoms with Crippen molar-refractivity contribution < 1.29 is 31.4 Å². The van der Waals surface area contributed by atoms with Crippen molar-refractivity contribution in [1.29, 1.82) is 0 Å². The predicted molar refractivity (Wildman–Crippen MR) is 77.3 cm³/mol. The van der Waals surface area contributed by atoms with Crippen molar-refractivity contribution in [3.63, 3.8) is 0 Å². The highest BCUT2D eigenvalue weighted by molar-refractivity contribution is 7.14. The Hall–Kier alpha value is -2.06. The molecule has 22 heavy (non-hydrogen) atoms. The van der Waals surface area contributed by atoms with E-state index in [1.54, 1.807) is 18.2 Å². The summed E-state index contributed by atoms with van der Waals surface area (Å²) in [6.07, 6.45) is 0.797. The molecule has 9 heteroatoms. The maximum Gasteiger partial charge on any atom is 0.354 e. The first-order chi connectivity index (χ1) is 10.2. The summed E-state index contributed by atoms with van der Waals surface area (Å²) in [7, 11) is 0. The van der Waals surface area contributed by atoms with E-state index in [1.165, 1.54) is 16.0 Å². The first-order valence-electron chi connectivity index (χ1n) is 6.50. The van der Waals surface area contributed by atoms with Crippen molar-refractivity contribution in [2.45, 2.75) is 19.9 Å². The molecular formula is C13H15ClN4O3S. The first-order valence-corrected chi connectivity index (χ1v) is 7.32. The van der Waals surface area contributed by atoms with Crippen LogP contribution in [-0.2, 0) is 17.8 Å². The second kappa shape index (κ2) is 6.80. The highest BCUT2D eigenvalue weighted by Crippen LogP contribution is 2.34. The summed E-state index contributed by atoms with van der Waals surface area (Å²) in [5.41, 5.74) is 6.48. The lowest BCUT2D eigenvalue weighted by Gasteiger charge is -2.04. The largest absolute Gasteiger partial charge is 1.00 e. The van der Waals surface area contributed by atoms with Crippen molar-refractivity contribution in [2.75, 3.05) is 17.8 Å². The molecule has 0 spiro atoms. The molecule has 0 fully saturated rings. The quantitative estimate of drug-likeness (QED) is 0.624. The molecule has 0 saturated carbocycles. The van der Waals surface area contributed by atoms with Gasteiger partial charge in [0.1, 0.15) is 5.01 Å². The van der Waals surface area contributed by atoms with Gasteiger partial charge in [0, 0.05) is 18.2 Å². The molecule has 1 aliphatic rings. The van der Waals surface area contributed by atoms with E-state index in [2.05, 4.69) is 10.4 Å². The molecule has 1 aliphatic heterocycles. The van der Waals surface area contributed by atoms with Crippen molar-refractivity contribution in [3.8, 4) is 11.5 Å². The molecule has 0 atom stereocenters. The number of carbonyl (C=O) groups excluding carboxylic acids is 1. The topological polar surface area (TPSA) is 90.4 Å². The van der Waals surface area contributed by atoms with Gasteiger partial charge in [-0.15, -0.1) is 4.68 Å². The van der Waals surface area contributed by atoms with Gasteiger partial charge in [-0.3, -0.25) is 10.5 Å². The number of carbonyl (C=O) groups is 1. The lowest BCUT2D eigenvalue weighted by atomic mass is 10.3. The fourth-order valence-electron chi connectivity index (χ4n) is 1.94. The molecule has 118 valence electrons. The fourth-order valence-corrected chi connectivity index (χ4v) is 2.68. The van der Waals surface area contributed by atoms with E-state index >= 15 is 0 Å². The number of amides is 1. The molecule has 0 saturated heterocycles. The number of nitrogen functional groups attached to an aromatic ring is 1. The monoisotopic (exact) mass is 342 g/mol. The Balaban J connectivity index is 0.00000176. The van der Waals surface area contributed by atoms with E-state index in [4.69, 9.17) is 15.2 Å². The third-order valence-electron chi connectivity index (χ3n) is 2.96. The van der Waals surface area contributed by atoms with Gasteiger partial charge in [-0.05, 0) is 23.5 Å². The Morgan fingerprint density at radius 1 is 1.45 bits per heavy atom. The minimum Gasteiger partial charge on any atom is -1.00 e. The van der Waals surface area contributed by atoms with Crippen LogP contribution in [0.25, 0.3) is 0 Å². The second-order valence-electron chi connectivity index (χ2n) is 4.46. The number of nitrogens with one attached hydrogen (secondary N) is 1. The van der Waals surface area contributed by atoms with Gasteiger partial charge in [-0.1, -0.05) is 12.0 Å². The third kappa shape index (κ3) is 3.40. The van der Waals surface area contributed by atoms with Gasteiger partial charge in [0.15, 0.2) is 18.0 Å². The smallest absolute Gasteiger partial charge is 0.354 e. The fraction of sp³-hybridized carbons (Fsp3) is 0.308. The van der Waals surface area contributed by atoms with Crippen molar-refractivity contribution in [1.82, 2.24) is 5.10 Å². The Labute approximate surface area is 137 Å². The number of fused-ring (bicyclic) bond motifs is 1. The zero-order chi connectivity index (χ0) is 14.8. The number of hydrogen-bond acceptors (Lipinski definition) is 6. The van der Waals surface area contributed by atoms with E-state index in [1.807, 2.05) is 6.92 Å². The lowest BCUT2D eigenvalue weighted by molar-refractivity contribution is -0.724. The van der Waals surface area contributed by atoms with E-state index in [-0.39, 0.29) is 31.7 Å². The molecule has 0 aliphatic carbocycles. The van der Waals surface area contributed by atoms with Crippen LogP contribution in [0.1, 0.15) is 11.9 Å². The van der Waals surface area contributed by atoms with Crippen molar-refractivity contribution in [2.24, 2.45) is 0 Å². The first kappa shape index (κ1) is 16.3. The van der Waals surface area contributed by atoms with Crippen LogP contribution < -0.4 is 37.6 Å². The zero-order valence-electron chi connectivity index (χ0n) is 11.8. The minimum absolute atomic E-state index is 0. The predicted octanol–water partition coefficient (Wildman–Crippen LogP) is -2.05. The van der Waals surface area contributed by atoms with Gasteiger partial charge < -0.3 is 27.2 Å². The van der Waals surface area contributed by atoms with Crippen LogP contribution in [-0.4, -0.2) is 17.8 Å². The van der Waals surface area contributed by atoms with Crippen LogP contribution in [0, 0.1) is 0 Å². The number of aryl methyl sites for hydroxylation is 1. The lowest BCUT2D eigenvalue weighted by Crippen LogP contribution is -3.00. The van der Waals surface area contributed by atoms with E-state index in [0.717, 1.165) is 11.4 Å². The highest BCUT2D eigenvalue weighted by Gasteiger charge is 2.18. The number of ether oxygens (including phenoxy) is 2. The standard InChI is InChI=1S/C13H14N4O3S.ClH/c1-2-12-16-17(13(14)21-12)6-11(18)15-8-3-4-9-10(5-8)20-7-19-9;/h3-5,14H,2,6-7H2,1H3,(H,15,18);1H. The van der Waals surface area contributed by atoms with Crippen LogP contribution in [0.4, 0.5) is 10.8 Å². The molecule has 1 aromatic heterocycles. The van der Waals surface area contributed by atoms with Gasteiger partial charge in [-0.25, -0.2) is 0 Å². The average molecular weight is 343 g/mol. The van der Waals surface area contributed by atoms with Gasteiger partial charge in [0.2, 0.25) is 6.79 Å². The molecule has 3 N–H and O–H groups in total. The van der Waals surface area contributed by atoms with Gasteiger partial charge in [0.05, 0.1) is 0 Å². The van der Waals surface area contributed by atoms with Crippen LogP contribution in [0.2, 0.25) is 0 Å². The summed E-state index contributed by atoms with van der Waals surface area (Å²) in [4.78, 5) is 12.0. The summed E-state index contributed by atoms with van der Waals surface area (Å²) in [5, 5.41) is 8.49. The molecule has 3 rings (SSSR count). The number of aromatic nitrogens is 2. The molecule has 7 nitrogen and oxygen atoms in total. The van der Waals surface area contributed by atoms with Crippen LogP contribution in [0.5, 0.6) is 11.5 Å². The van der Waals surface area contributed by atoms with Crippen LogP contribution >= 0.6 is 11.3 Å². The summed E-state index contributed by atoms with van der Waals surface area (Å²) in [5.74, 6) is 1.11. The molecule has 1 amide bonds. The number of benzene rings is 1. The maximum absolute atomic E-state index is 12.0. The van der Waals surface area contributed by atoms with E-state index < -0.39 is 0 Å². The Bertz CT molecular complexity index is 692. The molecule has 2 aromatic rings. The van der Waals surface area contributed by atoms with Gasteiger partial charge >= 0.3 is 5.13 Å². The number of nitrogens with two attached hydrogens (primary N) is 1. The Morgan fingerprint density at radius 3 is 2.95 bits per heavy atom. The summed E-state index contributed by atoms with van der Waals surface area (Å²) >= 11 is 1.39. The average Bonchev–Trinajstić information content (AvgIpc) is 3.05. The normalized spacial score (nSPS) is 11.9. The third-order valence-corrected chi connectivity index (χ3v) is 3.99. The zero-order valence-corrected chi connectivity index (χ0v) is 13.4. The number of nitrogens with zero attached hydrogens (tertiary/aromatic N) is 2. The van der Waals surface area contributed by atoms with Crippen molar-refractivity contribution >= 4 is 28.1 Å². The number of hydrogen-bond donors (Lipinski definition) is 2. The van der Waals surface area contributed by atoms with Gasteiger partial charge in [0.25, 0.3) is 5.91 Å². The summed E-state index contributed by atoms with van der Waals surface area (Å²) in [6.45, 7) is 2.28. The highest BCUT2D eigenvalue weighted by atomic mass is 35.5. The molecule has 0 unspecified atom stereocenters. The summed E-state index contributed by atoms with van der Waals surface area (Å²) < 4.78 is 12.0. The number of anilines is 2. The maximum atomic E-state index is 12.0. The molecule has 1 aromatic carbocycles. The van der Waals surface area contributed by atoms with Gasteiger partial charge in [-0.2, -0.15) is 0 Å². The molecular weight excluding hydrogens is 328 g/mol. The summed E-state index contributed by atoms with van der Waals surface area (Å²) in [6, 6.07) is 5.25. The van der Waals surface area contributed by atoms with E-state index in [9.17, 15) is 4.79 Å². The Kier molecular flexibility index (Phi) is 5.04. The van der Waals surface area contributed by atoms with Crippen molar-refractivity contribution in [3.05, 3.63) is 23.2 Å². The molecule has 2 heterocycles. The number of halogens is 1. The second-order valence-corrected chi connectivity index (χ2v) is 5.56. The molecule has 0 radical (unpaired) electrons. The van der Waals surface area contributed by atoms with Crippen LogP contribution in [0.3, 0.4) is 0 Å².